The van der Waals surface area contributed by atoms with Gasteiger partial charge < -0.3 is 9.47 Å². The fraction of sp³-hybridized carbons (Fsp3) is 0.0333. The smallest absolute Gasteiger partial charge is 0.0541 e. The van der Waals surface area contributed by atoms with E-state index in [4.69, 9.17) is 0 Å². The molecule has 0 bridgehead atoms. The Morgan fingerprint density at radius 1 is 0.435 bits per heavy atom. The molecule has 10 aromatic rings. The number of anilines is 3. The molecule has 0 aliphatic carbocycles. The molecule has 2 nitrogen and oxygen atoms in total. The van der Waals surface area contributed by atoms with Gasteiger partial charge in [-0.2, -0.15) is 0 Å². The standard InChI is InChI=1S/C60H46N2/c1-3-5-20-59-57(4-2)58-42-52(31-40-60(58)62(59)56-38-29-48(30-39-56)51-22-21-45-18-12-13-19-50(45)41-51)49-27-36-55(37-28-49)61(53-32-23-46(24-33-53)43-14-8-6-9-15-43)54-34-25-47(26-35-54)44-16-10-7-11-17-44/h4-42H,2-3H2,1H3. The van der Waals surface area contributed by atoms with Crippen LogP contribution < -0.4 is 4.90 Å². The zero-order chi connectivity index (χ0) is 41.8. The lowest BCUT2D eigenvalue weighted by Gasteiger charge is -2.26. The maximum Gasteiger partial charge on any atom is 0.0541 e. The molecule has 0 spiro atoms. The number of allylic oxidation sites excluding steroid dienone is 1. The van der Waals surface area contributed by atoms with Crippen LogP contribution in [0, 0.1) is 0 Å². The predicted molar refractivity (Wildman–Crippen MR) is 267 cm³/mol. The Labute approximate surface area is 364 Å². The van der Waals surface area contributed by atoms with Crippen molar-refractivity contribution in [2.75, 3.05) is 4.90 Å². The van der Waals surface area contributed by atoms with Crippen molar-refractivity contribution in [2.24, 2.45) is 0 Å². The van der Waals surface area contributed by atoms with Gasteiger partial charge in [0.1, 0.15) is 0 Å². The summed E-state index contributed by atoms with van der Waals surface area (Å²) in [4.78, 5) is 2.34. The van der Waals surface area contributed by atoms with Gasteiger partial charge in [0.2, 0.25) is 0 Å². The molecule has 296 valence electrons. The maximum absolute atomic E-state index is 4.32. The van der Waals surface area contributed by atoms with Crippen LogP contribution in [0.2, 0.25) is 0 Å². The van der Waals surface area contributed by atoms with Crippen molar-refractivity contribution in [3.63, 3.8) is 0 Å². The summed E-state index contributed by atoms with van der Waals surface area (Å²) in [6, 6.07) is 78.8. The molecule has 0 atom stereocenters. The second kappa shape index (κ2) is 17.0. The molecule has 0 radical (unpaired) electrons. The Kier molecular flexibility index (Phi) is 10.5. The number of hydrogen-bond acceptors (Lipinski definition) is 1. The summed E-state index contributed by atoms with van der Waals surface area (Å²) in [5.74, 6) is 0. The van der Waals surface area contributed by atoms with Crippen molar-refractivity contribution in [3.05, 3.63) is 242 Å². The Balaban J connectivity index is 1.00. The van der Waals surface area contributed by atoms with Gasteiger partial charge in [-0.25, -0.2) is 0 Å². The van der Waals surface area contributed by atoms with E-state index in [1.807, 2.05) is 6.08 Å². The zero-order valence-electron chi connectivity index (χ0n) is 34.8. The lowest BCUT2D eigenvalue weighted by atomic mass is 10.0. The van der Waals surface area contributed by atoms with E-state index in [1.54, 1.807) is 0 Å². The minimum atomic E-state index is 0.946. The molecule has 1 heterocycles. The summed E-state index contributed by atoms with van der Waals surface area (Å²) in [6.45, 7) is 6.50. The van der Waals surface area contributed by atoms with Crippen molar-refractivity contribution in [3.8, 4) is 50.2 Å². The number of nitrogens with zero attached hydrogens (tertiary/aromatic N) is 2. The van der Waals surface area contributed by atoms with Crippen molar-refractivity contribution in [1.82, 2.24) is 4.57 Å². The average Bonchev–Trinajstić information content (AvgIpc) is 3.67. The molecule has 0 saturated heterocycles. The van der Waals surface area contributed by atoms with Gasteiger partial charge in [0.15, 0.2) is 0 Å². The highest BCUT2D eigenvalue weighted by Crippen LogP contribution is 2.40. The molecule has 0 aliphatic heterocycles. The van der Waals surface area contributed by atoms with Gasteiger partial charge in [-0.3, -0.25) is 0 Å². The molecule has 0 N–H and O–H groups in total. The van der Waals surface area contributed by atoms with Crippen molar-refractivity contribution < 1.29 is 0 Å². The monoisotopic (exact) mass is 794 g/mol. The van der Waals surface area contributed by atoms with Crippen molar-refractivity contribution >= 4 is 50.9 Å². The van der Waals surface area contributed by atoms with E-state index in [-0.39, 0.29) is 0 Å². The van der Waals surface area contributed by atoms with Crippen LogP contribution in [0.4, 0.5) is 17.1 Å². The third-order valence-corrected chi connectivity index (χ3v) is 11.9. The highest BCUT2D eigenvalue weighted by Gasteiger charge is 2.18. The van der Waals surface area contributed by atoms with Crippen LogP contribution in [0.3, 0.4) is 0 Å². The number of fused-ring (bicyclic) bond motifs is 2. The Bertz CT molecular complexity index is 3090. The first-order valence-electron chi connectivity index (χ1n) is 21.4. The Hall–Kier alpha value is -7.94. The van der Waals surface area contributed by atoms with E-state index < -0.39 is 0 Å². The van der Waals surface area contributed by atoms with Crippen LogP contribution in [-0.2, 0) is 0 Å². The summed E-state index contributed by atoms with van der Waals surface area (Å²) >= 11 is 0. The van der Waals surface area contributed by atoms with Crippen LogP contribution in [0.1, 0.15) is 24.6 Å². The molecule has 62 heavy (non-hydrogen) atoms. The van der Waals surface area contributed by atoms with Crippen LogP contribution in [0.5, 0.6) is 0 Å². The molecular weight excluding hydrogens is 749 g/mol. The second-order valence-electron chi connectivity index (χ2n) is 15.7. The van der Waals surface area contributed by atoms with E-state index in [0.717, 1.165) is 57.1 Å². The zero-order valence-corrected chi connectivity index (χ0v) is 34.8. The van der Waals surface area contributed by atoms with E-state index >= 15 is 0 Å². The first-order valence-corrected chi connectivity index (χ1v) is 21.4. The van der Waals surface area contributed by atoms with E-state index in [0.29, 0.717) is 0 Å². The molecule has 2 heteroatoms. The molecule has 1 aromatic heterocycles. The highest BCUT2D eigenvalue weighted by atomic mass is 15.1. The van der Waals surface area contributed by atoms with Crippen LogP contribution in [-0.4, -0.2) is 4.57 Å². The SMILES string of the molecule is C=Cc1c(C=CCC)n(-c2ccc(-c3ccc4ccccc4c3)cc2)c2ccc(-c3ccc(N(c4ccc(-c5ccccc5)cc4)c4ccc(-c5ccccc5)cc4)cc3)cc12. The first-order chi connectivity index (χ1) is 30.6. The predicted octanol–water partition coefficient (Wildman–Crippen LogP) is 17.0. The van der Waals surface area contributed by atoms with Gasteiger partial charge in [0, 0.05) is 33.7 Å². The minimum absolute atomic E-state index is 0.946. The van der Waals surface area contributed by atoms with Gasteiger partial charge in [-0.15, -0.1) is 0 Å². The van der Waals surface area contributed by atoms with E-state index in [1.165, 1.54) is 49.5 Å². The number of hydrogen-bond donors (Lipinski definition) is 0. The van der Waals surface area contributed by atoms with Crippen LogP contribution >= 0.6 is 0 Å². The quantitative estimate of drug-likeness (QED) is 0.127. The Morgan fingerprint density at radius 2 is 0.871 bits per heavy atom. The molecule has 0 fully saturated rings. The second-order valence-corrected chi connectivity index (χ2v) is 15.7. The molecule has 0 saturated carbocycles. The molecule has 0 aliphatic rings. The lowest BCUT2D eigenvalue weighted by Crippen LogP contribution is -2.09. The third kappa shape index (κ3) is 7.44. The van der Waals surface area contributed by atoms with Gasteiger partial charge >= 0.3 is 0 Å². The van der Waals surface area contributed by atoms with Crippen molar-refractivity contribution in [2.45, 2.75) is 13.3 Å². The summed E-state index contributed by atoms with van der Waals surface area (Å²) in [6.07, 6.45) is 7.43. The molecule has 0 amide bonds. The van der Waals surface area contributed by atoms with Gasteiger partial charge in [-0.05, 0) is 135 Å². The normalized spacial score (nSPS) is 11.4. The minimum Gasteiger partial charge on any atom is -0.311 e. The summed E-state index contributed by atoms with van der Waals surface area (Å²) < 4.78 is 2.37. The third-order valence-electron chi connectivity index (χ3n) is 11.9. The largest absolute Gasteiger partial charge is 0.311 e. The van der Waals surface area contributed by atoms with E-state index in [2.05, 4.69) is 254 Å². The topological polar surface area (TPSA) is 8.17 Å². The van der Waals surface area contributed by atoms with Crippen LogP contribution in [0.25, 0.3) is 84.0 Å². The van der Waals surface area contributed by atoms with Gasteiger partial charge in [-0.1, -0.05) is 177 Å². The highest BCUT2D eigenvalue weighted by molar-refractivity contribution is 5.98. The van der Waals surface area contributed by atoms with Gasteiger partial charge in [0.05, 0.1) is 11.2 Å². The fourth-order valence-electron chi connectivity index (χ4n) is 8.69. The number of rotatable bonds is 11. The molecular formula is C60H46N2. The van der Waals surface area contributed by atoms with Gasteiger partial charge in [0.25, 0.3) is 0 Å². The lowest BCUT2D eigenvalue weighted by molar-refractivity contribution is 1.10. The van der Waals surface area contributed by atoms with E-state index in [9.17, 15) is 0 Å². The fourth-order valence-corrected chi connectivity index (χ4v) is 8.69. The summed E-state index contributed by atoms with van der Waals surface area (Å²) in [7, 11) is 0. The average molecular weight is 795 g/mol. The summed E-state index contributed by atoms with van der Waals surface area (Å²) in [5.41, 5.74) is 17.3. The molecule has 0 unspecified atom stereocenters. The van der Waals surface area contributed by atoms with Crippen LogP contribution in [0.15, 0.2) is 231 Å². The number of aromatic nitrogens is 1. The first kappa shape index (κ1) is 38.3. The molecule has 10 rings (SSSR count). The van der Waals surface area contributed by atoms with Crippen molar-refractivity contribution in [1.29, 1.82) is 0 Å². The Morgan fingerprint density at radius 3 is 1.40 bits per heavy atom. The molecule has 9 aromatic carbocycles. The summed E-state index contributed by atoms with van der Waals surface area (Å²) in [5, 5.41) is 3.68. The number of benzene rings is 9. The maximum atomic E-state index is 4.32.